The number of fused-ring (bicyclic) bond motifs is 1. The van der Waals surface area contributed by atoms with E-state index < -0.39 is 35.1 Å². The molecule has 4 rings (SSSR count). The quantitative estimate of drug-likeness (QED) is 0.305. The molecule has 43 heavy (non-hydrogen) atoms. The number of anilines is 1. The van der Waals surface area contributed by atoms with Crippen LogP contribution in [0.4, 0.5) is 5.69 Å². The lowest BCUT2D eigenvalue weighted by Crippen LogP contribution is -2.60. The zero-order valence-electron chi connectivity index (χ0n) is 26.5. The summed E-state index contributed by atoms with van der Waals surface area (Å²) >= 11 is 0. The van der Waals surface area contributed by atoms with Gasteiger partial charge in [-0.2, -0.15) is 0 Å². The first-order valence-corrected chi connectivity index (χ1v) is 15.7. The number of rotatable bonds is 15. The highest BCUT2D eigenvalue weighted by Gasteiger charge is 2.79. The molecule has 0 saturated carbocycles. The zero-order chi connectivity index (χ0) is 31.5. The van der Waals surface area contributed by atoms with Crippen molar-refractivity contribution in [1.29, 1.82) is 0 Å². The SMILES string of the molecule is C=CCN(CCC)C(=O)[C@H]1[C@H]2C(=O)N([C@@H](CO)[C@@H](C)CC)C(C(=O)N(CC=C)c3ccc(OC)cc3)C23CC[C@]1(CC)O3. The van der Waals surface area contributed by atoms with Crippen LogP contribution < -0.4 is 9.64 Å². The highest BCUT2D eigenvalue weighted by molar-refractivity contribution is 6.05. The molecule has 9 nitrogen and oxygen atoms in total. The van der Waals surface area contributed by atoms with Gasteiger partial charge in [0.15, 0.2) is 0 Å². The smallest absolute Gasteiger partial charge is 0.253 e. The number of aliphatic hydroxyl groups excluding tert-OH is 1. The van der Waals surface area contributed by atoms with E-state index >= 15 is 0 Å². The predicted octanol–water partition coefficient (Wildman–Crippen LogP) is 4.20. The van der Waals surface area contributed by atoms with Crippen molar-refractivity contribution in [3.63, 3.8) is 0 Å². The Morgan fingerprint density at radius 2 is 1.81 bits per heavy atom. The van der Waals surface area contributed by atoms with Crippen molar-refractivity contribution in [3.05, 3.63) is 49.6 Å². The topological polar surface area (TPSA) is 99.6 Å². The van der Waals surface area contributed by atoms with Crippen molar-refractivity contribution in [2.24, 2.45) is 17.8 Å². The third-order valence-corrected chi connectivity index (χ3v) is 10.1. The van der Waals surface area contributed by atoms with Crippen molar-refractivity contribution < 1.29 is 29.0 Å². The van der Waals surface area contributed by atoms with Gasteiger partial charge < -0.3 is 29.3 Å². The summed E-state index contributed by atoms with van der Waals surface area (Å²) in [6, 6.07) is 5.56. The van der Waals surface area contributed by atoms with Crippen LogP contribution in [0.3, 0.4) is 0 Å². The molecule has 9 heteroatoms. The Labute approximate surface area is 256 Å². The molecule has 0 aromatic heterocycles. The zero-order valence-corrected chi connectivity index (χ0v) is 26.5. The van der Waals surface area contributed by atoms with Crippen LogP contribution in [0.5, 0.6) is 5.75 Å². The van der Waals surface area contributed by atoms with Crippen LogP contribution in [0, 0.1) is 17.8 Å². The molecule has 2 unspecified atom stereocenters. The summed E-state index contributed by atoms with van der Waals surface area (Å²) < 4.78 is 12.3. The molecule has 2 bridgehead atoms. The lowest BCUT2D eigenvalue weighted by atomic mass is 9.64. The Balaban J connectivity index is 1.88. The van der Waals surface area contributed by atoms with Crippen LogP contribution in [0.2, 0.25) is 0 Å². The summed E-state index contributed by atoms with van der Waals surface area (Å²) in [6.45, 7) is 16.6. The molecule has 3 saturated heterocycles. The van der Waals surface area contributed by atoms with E-state index in [1.165, 1.54) is 0 Å². The van der Waals surface area contributed by atoms with Crippen molar-refractivity contribution in [1.82, 2.24) is 9.80 Å². The number of hydrogen-bond donors (Lipinski definition) is 1. The van der Waals surface area contributed by atoms with Crippen LogP contribution in [0.15, 0.2) is 49.6 Å². The van der Waals surface area contributed by atoms with E-state index in [2.05, 4.69) is 13.2 Å². The van der Waals surface area contributed by atoms with Crippen LogP contribution in [0.1, 0.15) is 59.8 Å². The van der Waals surface area contributed by atoms with Gasteiger partial charge in [-0.3, -0.25) is 14.4 Å². The summed E-state index contributed by atoms with van der Waals surface area (Å²) in [7, 11) is 1.58. The molecule has 3 amide bonds. The molecule has 3 aliphatic rings. The average molecular weight is 596 g/mol. The normalized spacial score (nSPS) is 28.7. The van der Waals surface area contributed by atoms with Gasteiger partial charge in [0, 0.05) is 25.3 Å². The predicted molar refractivity (Wildman–Crippen MR) is 167 cm³/mol. The van der Waals surface area contributed by atoms with Crippen LogP contribution in [0.25, 0.3) is 0 Å². The minimum absolute atomic E-state index is 0.0860. The maximum absolute atomic E-state index is 14.9. The summed E-state index contributed by atoms with van der Waals surface area (Å²) in [6.07, 6.45) is 6.43. The first kappa shape index (κ1) is 32.7. The monoisotopic (exact) mass is 595 g/mol. The van der Waals surface area contributed by atoms with Crippen molar-refractivity contribution in [3.8, 4) is 5.75 Å². The first-order chi connectivity index (χ1) is 20.6. The van der Waals surface area contributed by atoms with E-state index in [9.17, 15) is 19.5 Å². The van der Waals surface area contributed by atoms with Gasteiger partial charge in [-0.15, -0.1) is 13.2 Å². The maximum Gasteiger partial charge on any atom is 0.253 e. The Bertz CT molecular complexity index is 1200. The fraction of sp³-hybridized carbons (Fsp3) is 0.618. The van der Waals surface area contributed by atoms with Crippen molar-refractivity contribution >= 4 is 23.4 Å². The Morgan fingerprint density at radius 1 is 1.14 bits per heavy atom. The van der Waals surface area contributed by atoms with E-state index in [1.54, 1.807) is 58.2 Å². The fourth-order valence-electron chi connectivity index (χ4n) is 7.76. The molecule has 1 aromatic rings. The molecular formula is C34H49N3O6. The Kier molecular flexibility index (Phi) is 10.1. The number of aliphatic hydroxyl groups is 1. The number of carbonyl (C=O) groups excluding carboxylic acids is 3. The maximum atomic E-state index is 14.9. The van der Waals surface area contributed by atoms with Gasteiger partial charge in [-0.25, -0.2) is 0 Å². The highest BCUT2D eigenvalue weighted by atomic mass is 16.5. The third-order valence-electron chi connectivity index (χ3n) is 10.1. The van der Waals surface area contributed by atoms with Gasteiger partial charge in [-0.05, 0) is 55.9 Å². The fourth-order valence-corrected chi connectivity index (χ4v) is 7.76. The number of hydrogen-bond acceptors (Lipinski definition) is 6. The molecule has 1 N–H and O–H groups in total. The van der Waals surface area contributed by atoms with Crippen LogP contribution in [-0.2, 0) is 19.1 Å². The van der Waals surface area contributed by atoms with E-state index in [0.717, 1.165) is 6.42 Å². The standard InChI is InChI=1S/C34H49N3O6/c1-8-19-35(20-9-2)30(39)27-28-31(40)37(26(22-38)23(6)11-4)29(34(28)18-17-33(27,12-5)43-34)32(41)36(21-10-3)24-13-15-25(42-7)16-14-24/h8,10,13-16,23,26-29,38H,1,3,9,11-12,17-22H2,2,4-7H3/t23-,26-,27+,28-,29?,33-,34?/m0/s1. The molecule has 0 aliphatic carbocycles. The molecule has 7 atom stereocenters. The highest BCUT2D eigenvalue weighted by Crippen LogP contribution is 2.65. The van der Waals surface area contributed by atoms with Gasteiger partial charge >= 0.3 is 0 Å². The summed E-state index contributed by atoms with van der Waals surface area (Å²) in [5.41, 5.74) is -1.40. The van der Waals surface area contributed by atoms with Crippen LogP contribution >= 0.6 is 0 Å². The van der Waals surface area contributed by atoms with Gasteiger partial charge in [-0.1, -0.05) is 46.3 Å². The van der Waals surface area contributed by atoms with Gasteiger partial charge in [0.05, 0.1) is 37.2 Å². The number of benzene rings is 1. The first-order valence-electron chi connectivity index (χ1n) is 15.7. The van der Waals surface area contributed by atoms with E-state index in [1.807, 2.05) is 27.7 Å². The molecular weight excluding hydrogens is 546 g/mol. The van der Waals surface area contributed by atoms with E-state index in [0.29, 0.717) is 50.2 Å². The van der Waals surface area contributed by atoms with Crippen molar-refractivity contribution in [2.45, 2.75) is 83.1 Å². The number of nitrogens with zero attached hydrogens (tertiary/aromatic N) is 3. The Morgan fingerprint density at radius 3 is 2.35 bits per heavy atom. The lowest BCUT2D eigenvalue weighted by Gasteiger charge is -2.41. The summed E-state index contributed by atoms with van der Waals surface area (Å²) in [4.78, 5) is 49.0. The number of carbonyl (C=O) groups is 3. The lowest BCUT2D eigenvalue weighted by molar-refractivity contribution is -0.154. The second-order valence-electron chi connectivity index (χ2n) is 12.2. The van der Waals surface area contributed by atoms with Crippen LogP contribution in [-0.4, -0.2) is 89.3 Å². The minimum Gasteiger partial charge on any atom is -0.497 e. The Hall–Kier alpha value is -3.17. The third kappa shape index (κ3) is 5.29. The molecule has 3 aliphatic heterocycles. The van der Waals surface area contributed by atoms with Gasteiger partial charge in [0.25, 0.3) is 5.91 Å². The van der Waals surface area contributed by atoms with Gasteiger partial charge in [0.1, 0.15) is 17.4 Å². The molecule has 0 radical (unpaired) electrons. The summed E-state index contributed by atoms with van der Waals surface area (Å²) in [5.74, 6) is -1.70. The van der Waals surface area contributed by atoms with Gasteiger partial charge in [0.2, 0.25) is 11.8 Å². The van der Waals surface area contributed by atoms with E-state index in [4.69, 9.17) is 9.47 Å². The largest absolute Gasteiger partial charge is 0.497 e. The number of ether oxygens (including phenoxy) is 2. The second-order valence-corrected chi connectivity index (χ2v) is 12.2. The number of methoxy groups -OCH3 is 1. The molecule has 1 aromatic carbocycles. The second kappa shape index (κ2) is 13.2. The molecule has 3 fully saturated rings. The minimum atomic E-state index is -1.19. The molecule has 1 spiro atoms. The molecule has 3 heterocycles. The van der Waals surface area contributed by atoms with E-state index in [-0.39, 0.29) is 36.8 Å². The average Bonchev–Trinajstić information content (AvgIpc) is 3.63. The summed E-state index contributed by atoms with van der Waals surface area (Å²) in [5, 5.41) is 10.7. The number of amides is 3. The number of likely N-dealkylation sites (tertiary alicyclic amines) is 1. The van der Waals surface area contributed by atoms with Crippen molar-refractivity contribution in [2.75, 3.05) is 38.3 Å². The molecule has 236 valence electrons.